The maximum absolute atomic E-state index is 7.06. The molecule has 0 spiro atoms. The molecule has 3 aromatic heterocycles. The van der Waals surface area contributed by atoms with Gasteiger partial charge in [-0.15, -0.1) is 0 Å². The minimum Gasteiger partial charge on any atom is -0.458 e. The first kappa shape index (κ1) is 44.5. The molecule has 0 amide bonds. The Kier molecular flexibility index (Phi) is 11.4. The van der Waals surface area contributed by atoms with Crippen LogP contribution in [0.25, 0.3) is 50.1 Å². The van der Waals surface area contributed by atoms with Crippen LogP contribution in [0.15, 0.2) is 158 Å². The van der Waals surface area contributed by atoms with Crippen LogP contribution in [0.1, 0.15) is 128 Å². The summed E-state index contributed by atoms with van der Waals surface area (Å²) in [5, 5.41) is 2.31. The third-order valence-corrected chi connectivity index (χ3v) is 13.4. The van der Waals surface area contributed by atoms with Gasteiger partial charge in [0.1, 0.15) is 17.3 Å². The number of benzene rings is 6. The van der Waals surface area contributed by atoms with Crippen LogP contribution in [0.2, 0.25) is 0 Å². The van der Waals surface area contributed by atoms with E-state index in [0.717, 1.165) is 50.7 Å². The Morgan fingerprint density at radius 3 is 1.88 bits per heavy atom. The van der Waals surface area contributed by atoms with Crippen molar-refractivity contribution in [3.8, 4) is 39.8 Å². The second kappa shape index (κ2) is 16.9. The number of pyridine rings is 1. The number of nitrogens with zero attached hydrogens (tertiary/aromatic N) is 4. The van der Waals surface area contributed by atoms with E-state index in [0.29, 0.717) is 11.8 Å². The summed E-state index contributed by atoms with van der Waals surface area (Å²) >= 11 is 0. The van der Waals surface area contributed by atoms with E-state index < -0.39 is 0 Å². The van der Waals surface area contributed by atoms with E-state index in [-0.39, 0.29) is 16.2 Å². The van der Waals surface area contributed by atoms with Crippen molar-refractivity contribution < 1.29 is 9.30 Å². The van der Waals surface area contributed by atoms with Crippen molar-refractivity contribution >= 4 is 21.8 Å². The first-order valence-corrected chi connectivity index (χ1v) is 23.6. The average Bonchev–Trinajstić information content (AvgIpc) is 3.92. The summed E-state index contributed by atoms with van der Waals surface area (Å²) in [6, 6.07) is 50.5. The summed E-state index contributed by atoms with van der Waals surface area (Å²) in [5.74, 6) is 3.02. The molecule has 0 fully saturated rings. The molecule has 0 unspecified atom stereocenters. The Morgan fingerprint density at radius 2 is 1.21 bits per heavy atom. The van der Waals surface area contributed by atoms with E-state index in [1.165, 1.54) is 44.3 Å². The zero-order chi connectivity index (χ0) is 46.7. The van der Waals surface area contributed by atoms with Gasteiger partial charge in [-0.05, 0) is 128 Å². The van der Waals surface area contributed by atoms with Crippen LogP contribution in [0.4, 0.5) is 0 Å². The van der Waals surface area contributed by atoms with Crippen molar-refractivity contribution in [1.29, 1.82) is 0 Å². The van der Waals surface area contributed by atoms with Crippen molar-refractivity contribution in [2.24, 2.45) is 0 Å². The van der Waals surface area contributed by atoms with E-state index in [1.54, 1.807) is 0 Å². The van der Waals surface area contributed by atoms with Gasteiger partial charge in [0.05, 0.1) is 22.4 Å². The first-order valence-electron chi connectivity index (χ1n) is 23.6. The molecule has 0 saturated carbocycles. The van der Waals surface area contributed by atoms with Gasteiger partial charge in [-0.3, -0.25) is 13.7 Å². The van der Waals surface area contributed by atoms with Gasteiger partial charge >= 0.3 is 0 Å². The van der Waals surface area contributed by atoms with Crippen molar-refractivity contribution in [3.63, 3.8) is 0 Å². The summed E-state index contributed by atoms with van der Waals surface area (Å²) in [4.78, 5) is 5.01. The number of hydrogen-bond donors (Lipinski definition) is 0. The monoisotopic (exact) mass is 869 g/mol. The molecule has 5 heteroatoms. The minimum absolute atomic E-state index is 0.00511. The molecule has 334 valence electrons. The molecule has 66 heavy (non-hydrogen) atoms. The lowest BCUT2D eigenvalue weighted by Crippen LogP contribution is -2.30. The predicted molar refractivity (Wildman–Crippen MR) is 274 cm³/mol. The molecule has 0 atom stereocenters. The fourth-order valence-electron chi connectivity index (χ4n) is 9.38. The molecule has 3 heterocycles. The highest BCUT2D eigenvalue weighted by molar-refractivity contribution is 6.09. The molecule has 5 nitrogen and oxygen atoms in total. The van der Waals surface area contributed by atoms with E-state index in [9.17, 15) is 0 Å². The largest absolute Gasteiger partial charge is 0.458 e. The molecule has 0 radical (unpaired) electrons. The molecule has 0 aliphatic heterocycles. The number of para-hydroxylation sites is 1. The number of hydrogen-bond acceptors (Lipinski definition) is 2. The average molecular weight is 869 g/mol. The fraction of sp³-hybridized carbons (Fsp3) is 0.279. The number of fused-ring (bicyclic) bond motifs is 3. The summed E-state index contributed by atoms with van der Waals surface area (Å²) in [6.07, 6.45) is 9.86. The van der Waals surface area contributed by atoms with Crippen LogP contribution in [-0.2, 0) is 16.2 Å². The third-order valence-electron chi connectivity index (χ3n) is 13.4. The van der Waals surface area contributed by atoms with Crippen LogP contribution >= 0.6 is 0 Å². The molecule has 9 rings (SSSR count). The number of ether oxygens (including phenoxy) is 1. The van der Waals surface area contributed by atoms with Crippen LogP contribution in [0, 0.1) is 6.33 Å². The summed E-state index contributed by atoms with van der Waals surface area (Å²) < 4.78 is 13.6. The van der Waals surface area contributed by atoms with Crippen LogP contribution in [0.3, 0.4) is 0 Å². The highest BCUT2D eigenvalue weighted by Gasteiger charge is 2.26. The lowest BCUT2D eigenvalue weighted by atomic mass is 9.78. The van der Waals surface area contributed by atoms with Gasteiger partial charge in [0, 0.05) is 40.8 Å². The standard InChI is InChI=1S/C61H64N4O/c1-40(2)51-22-18-23-52(41(3)4)58(51)42-31-47(63-29-30-64(39-63)48-34-45(59(5,6)7)33-46(35-48)60(8,9)10)37-50(32-42)66-49-25-26-54-53-21-16-17-24-55(53)65(56(54)38-49)57-36-44(27-28-62-57)61(11,12)43-19-14-13-15-20-43/h13-38,40-41H,1-12H3. The predicted octanol–water partition coefficient (Wildman–Crippen LogP) is 15.7. The Balaban J connectivity index is 1.19. The lowest BCUT2D eigenvalue weighted by molar-refractivity contribution is -0.599. The lowest BCUT2D eigenvalue weighted by Gasteiger charge is -2.26. The Labute approximate surface area is 392 Å². The van der Waals surface area contributed by atoms with Crippen LogP contribution in [-0.4, -0.2) is 14.1 Å². The molecule has 9 aromatic rings. The Morgan fingerprint density at radius 1 is 0.561 bits per heavy atom. The van der Waals surface area contributed by atoms with E-state index in [1.807, 2.05) is 6.20 Å². The van der Waals surface area contributed by atoms with Crippen molar-refractivity contribution in [1.82, 2.24) is 14.1 Å². The van der Waals surface area contributed by atoms with Gasteiger partial charge in [0.25, 0.3) is 6.33 Å². The second-order valence-electron chi connectivity index (χ2n) is 21.3. The molecular formula is C61H64N4O. The normalized spacial score (nSPS) is 12.5. The van der Waals surface area contributed by atoms with Crippen molar-refractivity contribution in [2.75, 3.05) is 0 Å². The van der Waals surface area contributed by atoms with E-state index in [4.69, 9.17) is 9.72 Å². The topological polar surface area (TPSA) is 35.9 Å². The van der Waals surface area contributed by atoms with Gasteiger partial charge < -0.3 is 4.74 Å². The van der Waals surface area contributed by atoms with Gasteiger partial charge in [-0.1, -0.05) is 156 Å². The summed E-state index contributed by atoms with van der Waals surface area (Å²) in [6.45, 7) is 27.4. The number of aromatic nitrogens is 4. The third kappa shape index (κ3) is 8.48. The smallest absolute Gasteiger partial charge is 0.268 e. The Hall–Kier alpha value is -6.72. The van der Waals surface area contributed by atoms with Crippen molar-refractivity contribution in [2.45, 2.75) is 111 Å². The first-order chi connectivity index (χ1) is 31.4. The number of rotatable bonds is 10. The van der Waals surface area contributed by atoms with E-state index >= 15 is 0 Å². The van der Waals surface area contributed by atoms with Gasteiger partial charge in [0.2, 0.25) is 0 Å². The molecule has 0 N–H and O–H groups in total. The molecule has 6 aromatic carbocycles. The Bertz CT molecular complexity index is 3160. The van der Waals surface area contributed by atoms with E-state index in [2.05, 4.69) is 255 Å². The SMILES string of the molecule is CC(C)c1cccc(C(C)C)c1-c1cc(Oc2ccc3c4ccccc4n(-c4cc(C(C)(C)c5ccccc5)ccn4)c3c2)cc(-n2[c-][n+](-c3cc(C(C)(C)C)cc(C(C)(C)C)c3)cc2)c1. The molecule has 0 aliphatic rings. The fourth-order valence-corrected chi connectivity index (χ4v) is 9.38. The maximum atomic E-state index is 7.06. The zero-order valence-corrected chi connectivity index (χ0v) is 40.9. The molecular weight excluding hydrogens is 805 g/mol. The highest BCUT2D eigenvalue weighted by atomic mass is 16.5. The van der Waals surface area contributed by atoms with Gasteiger partial charge in [-0.25, -0.2) is 4.98 Å². The van der Waals surface area contributed by atoms with Crippen molar-refractivity contribution in [3.05, 3.63) is 198 Å². The van der Waals surface area contributed by atoms with Crippen LogP contribution in [0.5, 0.6) is 11.5 Å². The molecule has 0 saturated heterocycles. The summed E-state index contributed by atoms with van der Waals surface area (Å²) in [5.41, 5.74) is 14.1. The maximum Gasteiger partial charge on any atom is 0.268 e. The minimum atomic E-state index is -0.222. The van der Waals surface area contributed by atoms with Crippen LogP contribution < -0.4 is 9.30 Å². The van der Waals surface area contributed by atoms with Gasteiger partial charge in [0.15, 0.2) is 0 Å². The molecule has 0 bridgehead atoms. The van der Waals surface area contributed by atoms with Gasteiger partial charge in [-0.2, -0.15) is 0 Å². The number of imidazole rings is 1. The quantitative estimate of drug-likeness (QED) is 0.101. The molecule has 0 aliphatic carbocycles. The highest BCUT2D eigenvalue weighted by Crippen LogP contribution is 2.41. The zero-order valence-electron chi connectivity index (χ0n) is 40.9. The summed E-state index contributed by atoms with van der Waals surface area (Å²) in [7, 11) is 0. The second-order valence-corrected chi connectivity index (χ2v) is 21.3.